The van der Waals surface area contributed by atoms with E-state index in [1.165, 1.54) is 0 Å². The molecule has 26 heavy (non-hydrogen) atoms. The van der Waals surface area contributed by atoms with Gasteiger partial charge in [0.05, 0.1) is 0 Å². The van der Waals surface area contributed by atoms with Gasteiger partial charge in [0.1, 0.15) is 5.60 Å². The predicted octanol–water partition coefficient (Wildman–Crippen LogP) is 5.17. The summed E-state index contributed by atoms with van der Waals surface area (Å²) in [5.41, 5.74) is 0.940. The maximum atomic E-state index is 11.9. The normalized spacial score (nSPS) is 13.6. The summed E-state index contributed by atoms with van der Waals surface area (Å²) in [5, 5.41) is 11.9. The number of hydrogen-bond donors (Lipinski definition) is 1. The first-order valence-corrected chi connectivity index (χ1v) is 9.89. The van der Waals surface area contributed by atoms with E-state index in [1.54, 1.807) is 0 Å². The Kier molecular flexibility index (Phi) is 7.43. The topological polar surface area (TPSA) is 23.5 Å². The summed E-state index contributed by atoms with van der Waals surface area (Å²) in [5.74, 6) is 1.30. The molecule has 0 saturated carbocycles. The van der Waals surface area contributed by atoms with Crippen molar-refractivity contribution in [2.24, 2.45) is 17.8 Å². The lowest BCUT2D eigenvalue weighted by molar-refractivity contribution is 0.00422. The van der Waals surface area contributed by atoms with Crippen molar-refractivity contribution >= 4 is 0 Å². The van der Waals surface area contributed by atoms with Gasteiger partial charge in [0.2, 0.25) is 0 Å². The maximum absolute atomic E-state index is 11.9. The molecule has 2 rings (SSSR count). The Balaban J connectivity index is 2.35. The van der Waals surface area contributed by atoms with Crippen LogP contribution in [0.2, 0.25) is 0 Å². The van der Waals surface area contributed by atoms with Crippen molar-refractivity contribution in [3.63, 3.8) is 0 Å². The van der Waals surface area contributed by atoms with E-state index in [9.17, 15) is 5.11 Å². The highest BCUT2D eigenvalue weighted by Crippen LogP contribution is 2.37. The second-order valence-corrected chi connectivity index (χ2v) is 8.41. The fourth-order valence-electron chi connectivity index (χ4n) is 3.90. The molecule has 0 spiro atoms. The fraction of sp³-hybridized carbons (Fsp3) is 0.500. The molecular weight excluding hydrogens is 318 g/mol. The Bertz CT molecular complexity index is 586. The van der Waals surface area contributed by atoms with Gasteiger partial charge in [-0.05, 0) is 23.0 Å². The van der Waals surface area contributed by atoms with Gasteiger partial charge in [0.15, 0.2) is 0 Å². The summed E-state index contributed by atoms with van der Waals surface area (Å²) < 4.78 is 0. The maximum Gasteiger partial charge on any atom is 0.118 e. The molecule has 0 unspecified atom stereocenters. The second kappa shape index (κ2) is 9.34. The van der Waals surface area contributed by atoms with Crippen LogP contribution in [0.3, 0.4) is 0 Å². The number of benzene rings is 2. The smallest absolute Gasteiger partial charge is 0.118 e. The molecule has 0 saturated heterocycles. The average Bonchev–Trinajstić information content (AvgIpc) is 2.61. The molecule has 0 bridgehead atoms. The van der Waals surface area contributed by atoms with Crippen LogP contribution in [0.5, 0.6) is 0 Å². The second-order valence-electron chi connectivity index (χ2n) is 8.41. The fourth-order valence-corrected chi connectivity index (χ4v) is 3.90. The zero-order valence-electron chi connectivity index (χ0n) is 17.0. The predicted molar refractivity (Wildman–Crippen MR) is 111 cm³/mol. The lowest BCUT2D eigenvalue weighted by atomic mass is 9.76. The Morgan fingerprint density at radius 1 is 0.692 bits per heavy atom. The van der Waals surface area contributed by atoms with Crippen LogP contribution in [-0.2, 0) is 5.60 Å². The lowest BCUT2D eigenvalue weighted by Crippen LogP contribution is -2.44. The summed E-state index contributed by atoms with van der Waals surface area (Å²) in [7, 11) is 0. The molecule has 0 heterocycles. The highest BCUT2D eigenvalue weighted by molar-refractivity contribution is 5.36. The van der Waals surface area contributed by atoms with Gasteiger partial charge < -0.3 is 10.0 Å². The van der Waals surface area contributed by atoms with E-state index in [-0.39, 0.29) is 5.92 Å². The minimum atomic E-state index is -0.991. The first kappa shape index (κ1) is 20.7. The third kappa shape index (κ3) is 5.18. The first-order chi connectivity index (χ1) is 12.3. The van der Waals surface area contributed by atoms with Crippen molar-refractivity contribution < 1.29 is 5.11 Å². The molecule has 142 valence electrons. The standard InChI is InChI=1S/C24H35NO/c1-19(2)16-25(17-20(3)4)18-21(5)24(26,22-12-8-6-9-13-22)23-14-10-7-11-15-23/h6-15,19-21,26H,16-18H2,1-5H3/t21-/m1/s1. The van der Waals surface area contributed by atoms with E-state index < -0.39 is 5.60 Å². The summed E-state index contributed by atoms with van der Waals surface area (Å²) in [6.07, 6.45) is 0. The van der Waals surface area contributed by atoms with Gasteiger partial charge >= 0.3 is 0 Å². The monoisotopic (exact) mass is 353 g/mol. The highest BCUT2D eigenvalue weighted by atomic mass is 16.3. The van der Waals surface area contributed by atoms with E-state index in [4.69, 9.17) is 0 Å². The van der Waals surface area contributed by atoms with E-state index >= 15 is 0 Å². The van der Waals surface area contributed by atoms with Crippen LogP contribution in [0, 0.1) is 17.8 Å². The van der Waals surface area contributed by atoms with Crippen molar-refractivity contribution in [1.82, 2.24) is 4.90 Å². The van der Waals surface area contributed by atoms with Crippen LogP contribution in [-0.4, -0.2) is 29.6 Å². The first-order valence-electron chi connectivity index (χ1n) is 9.89. The van der Waals surface area contributed by atoms with Crippen LogP contribution >= 0.6 is 0 Å². The number of aliphatic hydroxyl groups is 1. The molecule has 1 atom stereocenters. The summed E-state index contributed by atoms with van der Waals surface area (Å²) in [4.78, 5) is 2.51. The SMILES string of the molecule is CC(C)CN(CC(C)C)C[C@@H](C)C(O)(c1ccccc1)c1ccccc1. The Morgan fingerprint density at radius 2 is 1.08 bits per heavy atom. The van der Waals surface area contributed by atoms with Crippen LogP contribution in [0.25, 0.3) is 0 Å². The third-order valence-electron chi connectivity index (χ3n) is 4.92. The molecule has 0 aromatic heterocycles. The van der Waals surface area contributed by atoms with Gasteiger partial charge in [0, 0.05) is 25.6 Å². The molecule has 0 aliphatic rings. The van der Waals surface area contributed by atoms with Crippen molar-refractivity contribution in [2.75, 3.05) is 19.6 Å². The molecule has 2 aromatic carbocycles. The van der Waals surface area contributed by atoms with Gasteiger partial charge in [0.25, 0.3) is 0 Å². The molecule has 2 aromatic rings. The quantitative estimate of drug-likeness (QED) is 0.672. The van der Waals surface area contributed by atoms with Gasteiger partial charge in [-0.3, -0.25) is 0 Å². The van der Waals surface area contributed by atoms with Crippen LogP contribution in [0.1, 0.15) is 45.7 Å². The molecule has 0 aliphatic heterocycles. The summed E-state index contributed by atoms with van der Waals surface area (Å²) in [6, 6.07) is 20.2. The number of nitrogens with zero attached hydrogens (tertiary/aromatic N) is 1. The molecule has 0 fully saturated rings. The van der Waals surface area contributed by atoms with E-state index in [0.29, 0.717) is 11.8 Å². The van der Waals surface area contributed by atoms with Gasteiger partial charge in [-0.1, -0.05) is 95.3 Å². The Labute approximate surface area is 159 Å². The van der Waals surface area contributed by atoms with Crippen molar-refractivity contribution in [3.05, 3.63) is 71.8 Å². The summed E-state index contributed by atoms with van der Waals surface area (Å²) in [6.45, 7) is 14.2. The minimum absolute atomic E-state index is 0.0739. The molecular formula is C24H35NO. The largest absolute Gasteiger partial charge is 0.380 e. The highest BCUT2D eigenvalue weighted by Gasteiger charge is 2.38. The number of rotatable bonds is 9. The van der Waals surface area contributed by atoms with Crippen molar-refractivity contribution in [2.45, 2.75) is 40.2 Å². The van der Waals surface area contributed by atoms with E-state index in [0.717, 1.165) is 30.8 Å². The minimum Gasteiger partial charge on any atom is -0.380 e. The Morgan fingerprint density at radius 3 is 1.42 bits per heavy atom. The van der Waals surface area contributed by atoms with Crippen LogP contribution < -0.4 is 0 Å². The molecule has 2 heteroatoms. The average molecular weight is 354 g/mol. The van der Waals surface area contributed by atoms with E-state index in [2.05, 4.69) is 39.5 Å². The van der Waals surface area contributed by atoms with E-state index in [1.807, 2.05) is 60.7 Å². The number of hydrogen-bond acceptors (Lipinski definition) is 2. The zero-order chi connectivity index (χ0) is 19.2. The van der Waals surface area contributed by atoms with Crippen molar-refractivity contribution in [3.8, 4) is 0 Å². The van der Waals surface area contributed by atoms with Gasteiger partial charge in [-0.15, -0.1) is 0 Å². The molecule has 0 aliphatic carbocycles. The van der Waals surface area contributed by atoms with Crippen LogP contribution in [0.4, 0.5) is 0 Å². The third-order valence-corrected chi connectivity index (χ3v) is 4.92. The molecule has 0 amide bonds. The lowest BCUT2D eigenvalue weighted by Gasteiger charge is -2.39. The van der Waals surface area contributed by atoms with Crippen LogP contribution in [0.15, 0.2) is 60.7 Å². The summed E-state index contributed by atoms with van der Waals surface area (Å²) >= 11 is 0. The zero-order valence-corrected chi connectivity index (χ0v) is 17.0. The molecule has 2 nitrogen and oxygen atoms in total. The van der Waals surface area contributed by atoms with Crippen molar-refractivity contribution in [1.29, 1.82) is 0 Å². The molecule has 0 radical (unpaired) electrons. The molecule has 1 N–H and O–H groups in total. The Hall–Kier alpha value is -1.64. The van der Waals surface area contributed by atoms with Gasteiger partial charge in [-0.2, -0.15) is 0 Å². The van der Waals surface area contributed by atoms with Gasteiger partial charge in [-0.25, -0.2) is 0 Å².